The minimum atomic E-state index is -0.0933. The number of furan rings is 1. The lowest BCUT2D eigenvalue weighted by molar-refractivity contribution is -0.117. The first-order valence-electron chi connectivity index (χ1n) is 12.9. The number of nitrogens with one attached hydrogen (secondary N) is 3. The number of rotatable bonds is 5. The van der Waals surface area contributed by atoms with Gasteiger partial charge in [0.05, 0.1) is 41.8 Å². The number of carbonyl (C=O) groups excluding carboxylic acids is 1. The van der Waals surface area contributed by atoms with Crippen molar-refractivity contribution in [3.05, 3.63) is 78.9 Å². The molecule has 0 unspecified atom stereocenters. The van der Waals surface area contributed by atoms with Gasteiger partial charge in [0, 0.05) is 47.4 Å². The summed E-state index contributed by atoms with van der Waals surface area (Å²) >= 11 is 0. The van der Waals surface area contributed by atoms with E-state index in [1.165, 1.54) is 0 Å². The molecule has 1 aliphatic heterocycles. The second kappa shape index (κ2) is 9.83. The summed E-state index contributed by atoms with van der Waals surface area (Å²) in [6.07, 6.45) is 11.7. The second-order valence-corrected chi connectivity index (χ2v) is 10.9. The van der Waals surface area contributed by atoms with Crippen LogP contribution in [0, 0.1) is 5.41 Å². The minimum Gasteiger partial charge on any atom is -0.472 e. The topological polar surface area (TPSA) is 121 Å². The number of aromatic nitrogens is 4. The maximum absolute atomic E-state index is 12.5. The number of nitrogens with zero attached hydrogens (tertiary/aromatic N) is 4. The number of amidine groups is 1. The number of carbonyl (C=O) groups is 1. The van der Waals surface area contributed by atoms with E-state index in [4.69, 9.17) is 9.41 Å². The number of aliphatic imine (C=N–C) groups is 1. The van der Waals surface area contributed by atoms with Crippen LogP contribution in [0.5, 0.6) is 0 Å². The monoisotopic (exact) mass is 519 g/mol. The van der Waals surface area contributed by atoms with Crippen LogP contribution in [0.4, 0.5) is 11.4 Å². The highest BCUT2D eigenvalue weighted by Gasteiger charge is 2.20. The first-order chi connectivity index (χ1) is 18.8. The van der Waals surface area contributed by atoms with Gasteiger partial charge in [-0.05, 0) is 47.2 Å². The Morgan fingerprint density at radius 1 is 1.03 bits per heavy atom. The number of aromatic amines is 1. The highest BCUT2D eigenvalue weighted by Crippen LogP contribution is 2.32. The number of amides is 1. The molecule has 196 valence electrons. The molecule has 0 saturated carbocycles. The Kier molecular flexibility index (Phi) is 6.18. The summed E-state index contributed by atoms with van der Waals surface area (Å²) in [5.41, 5.74) is 8.13. The largest absolute Gasteiger partial charge is 0.472 e. The van der Waals surface area contributed by atoms with Gasteiger partial charge in [0.1, 0.15) is 5.69 Å². The van der Waals surface area contributed by atoms with Crippen LogP contribution in [0.2, 0.25) is 0 Å². The average Bonchev–Trinajstić information content (AvgIpc) is 3.53. The number of hydrogen-bond donors (Lipinski definition) is 3. The van der Waals surface area contributed by atoms with Crippen LogP contribution >= 0.6 is 0 Å². The second-order valence-electron chi connectivity index (χ2n) is 10.9. The summed E-state index contributed by atoms with van der Waals surface area (Å²) in [6.45, 7) is 6.73. The zero-order chi connectivity index (χ0) is 27.0. The molecule has 1 aromatic carbocycles. The van der Waals surface area contributed by atoms with E-state index in [-0.39, 0.29) is 11.3 Å². The van der Waals surface area contributed by atoms with E-state index < -0.39 is 0 Å². The smallest absolute Gasteiger partial charge is 0.224 e. The predicted octanol–water partition coefficient (Wildman–Crippen LogP) is 6.07. The fourth-order valence-electron chi connectivity index (χ4n) is 4.84. The van der Waals surface area contributed by atoms with Crippen LogP contribution < -0.4 is 10.6 Å². The van der Waals surface area contributed by atoms with Crippen molar-refractivity contribution in [3.8, 4) is 22.3 Å². The van der Waals surface area contributed by atoms with Gasteiger partial charge in [-0.15, -0.1) is 0 Å². The summed E-state index contributed by atoms with van der Waals surface area (Å²) in [6, 6.07) is 9.96. The Morgan fingerprint density at radius 2 is 1.90 bits per heavy atom. The zero-order valence-corrected chi connectivity index (χ0v) is 22.1. The maximum atomic E-state index is 12.5. The Bertz CT molecular complexity index is 1690. The van der Waals surface area contributed by atoms with Gasteiger partial charge in [0.15, 0.2) is 5.84 Å². The molecule has 5 heterocycles. The van der Waals surface area contributed by atoms with Crippen molar-refractivity contribution in [2.75, 3.05) is 17.2 Å². The lowest BCUT2D eigenvalue weighted by Crippen LogP contribution is -2.19. The van der Waals surface area contributed by atoms with E-state index >= 15 is 0 Å². The Balaban J connectivity index is 1.30. The highest BCUT2D eigenvalue weighted by molar-refractivity contribution is 6.15. The molecule has 0 atom stereocenters. The van der Waals surface area contributed by atoms with Crippen molar-refractivity contribution < 1.29 is 9.21 Å². The number of hydrogen-bond acceptors (Lipinski definition) is 7. The molecule has 0 saturated heterocycles. The molecule has 1 aliphatic rings. The summed E-state index contributed by atoms with van der Waals surface area (Å²) in [4.78, 5) is 26.1. The molecule has 6 rings (SSSR count). The number of H-pyrrole nitrogens is 1. The van der Waals surface area contributed by atoms with Crippen molar-refractivity contribution >= 4 is 34.0 Å². The van der Waals surface area contributed by atoms with Gasteiger partial charge in [-0.3, -0.25) is 24.9 Å². The van der Waals surface area contributed by atoms with Crippen LogP contribution in [-0.4, -0.2) is 38.5 Å². The van der Waals surface area contributed by atoms with E-state index in [0.717, 1.165) is 56.5 Å². The first kappa shape index (κ1) is 24.5. The van der Waals surface area contributed by atoms with Gasteiger partial charge >= 0.3 is 0 Å². The van der Waals surface area contributed by atoms with Crippen LogP contribution in [0.15, 0.2) is 77.1 Å². The van der Waals surface area contributed by atoms with Crippen molar-refractivity contribution in [1.82, 2.24) is 20.2 Å². The highest BCUT2D eigenvalue weighted by atomic mass is 16.3. The third-order valence-electron chi connectivity index (χ3n) is 6.61. The standard InChI is InChI=1S/C30H29N7O2/c1-30(2,3)12-27(38)34-21-10-20(13-31-14-21)18-4-5-25-23(11-18)28(37-36-25)29-33-8-6-22-24(19-7-9-39-17-19)15-32-16-26(22)35-29/h4-5,7,9-11,13-17H,6,8,12H2,1-3H3,(H,33,35)(H,34,38)(H,36,37). The van der Waals surface area contributed by atoms with Crippen molar-refractivity contribution in [3.63, 3.8) is 0 Å². The lowest BCUT2D eigenvalue weighted by atomic mass is 9.92. The summed E-state index contributed by atoms with van der Waals surface area (Å²) in [7, 11) is 0. The van der Waals surface area contributed by atoms with Crippen molar-refractivity contribution in [1.29, 1.82) is 0 Å². The Labute approximate surface area is 225 Å². The molecule has 39 heavy (non-hydrogen) atoms. The zero-order valence-electron chi connectivity index (χ0n) is 22.1. The normalized spacial score (nSPS) is 13.4. The van der Waals surface area contributed by atoms with Crippen LogP contribution in [0.25, 0.3) is 33.2 Å². The molecule has 0 aliphatic carbocycles. The molecule has 0 bridgehead atoms. The molecule has 0 fully saturated rings. The number of fused-ring (bicyclic) bond motifs is 2. The molecule has 9 heteroatoms. The minimum absolute atomic E-state index is 0.0304. The third kappa shape index (κ3) is 5.16. The van der Waals surface area contributed by atoms with Crippen LogP contribution in [-0.2, 0) is 11.2 Å². The van der Waals surface area contributed by atoms with Crippen molar-refractivity contribution in [2.45, 2.75) is 33.6 Å². The van der Waals surface area contributed by atoms with E-state index in [2.05, 4.69) is 36.9 Å². The number of benzene rings is 1. The van der Waals surface area contributed by atoms with Crippen LogP contribution in [0.1, 0.15) is 38.4 Å². The van der Waals surface area contributed by atoms with Crippen molar-refractivity contribution in [2.24, 2.45) is 10.4 Å². The lowest BCUT2D eigenvalue weighted by Gasteiger charge is -2.17. The van der Waals surface area contributed by atoms with Gasteiger partial charge in [0.25, 0.3) is 0 Å². The SMILES string of the molecule is CC(C)(C)CC(=O)Nc1cncc(-c2ccc3[nH]nc(C4=NCCc5c(cncc5-c5ccoc5)N4)c3c2)c1. The molecule has 3 N–H and O–H groups in total. The molecule has 5 aromatic rings. The number of pyridine rings is 2. The molecular formula is C30H29N7O2. The summed E-state index contributed by atoms with van der Waals surface area (Å²) in [5.74, 6) is 0.654. The summed E-state index contributed by atoms with van der Waals surface area (Å²) < 4.78 is 5.30. The summed E-state index contributed by atoms with van der Waals surface area (Å²) in [5, 5.41) is 15.1. The predicted molar refractivity (Wildman–Crippen MR) is 153 cm³/mol. The van der Waals surface area contributed by atoms with E-state index in [9.17, 15) is 4.79 Å². The molecule has 0 radical (unpaired) electrons. The van der Waals surface area contributed by atoms with E-state index in [0.29, 0.717) is 24.5 Å². The van der Waals surface area contributed by atoms with Gasteiger partial charge < -0.3 is 15.1 Å². The Morgan fingerprint density at radius 3 is 2.72 bits per heavy atom. The fraction of sp³-hybridized carbons (Fsp3) is 0.233. The molecule has 1 amide bonds. The molecule has 4 aromatic heterocycles. The average molecular weight is 520 g/mol. The fourth-order valence-corrected chi connectivity index (χ4v) is 4.84. The quantitative estimate of drug-likeness (QED) is 0.259. The third-order valence-corrected chi connectivity index (χ3v) is 6.61. The molecular weight excluding hydrogens is 490 g/mol. The molecule has 0 spiro atoms. The van der Waals surface area contributed by atoms with E-state index in [1.807, 2.05) is 57.4 Å². The van der Waals surface area contributed by atoms with Gasteiger partial charge in [-0.1, -0.05) is 26.8 Å². The van der Waals surface area contributed by atoms with Gasteiger partial charge in [0.2, 0.25) is 5.91 Å². The first-order valence-corrected chi connectivity index (χ1v) is 12.9. The van der Waals surface area contributed by atoms with Gasteiger partial charge in [-0.25, -0.2) is 0 Å². The Hall–Kier alpha value is -4.79. The molecule has 9 nitrogen and oxygen atoms in total. The van der Waals surface area contributed by atoms with Gasteiger partial charge in [-0.2, -0.15) is 5.10 Å². The number of anilines is 2. The maximum Gasteiger partial charge on any atom is 0.224 e. The van der Waals surface area contributed by atoms with E-state index in [1.54, 1.807) is 24.9 Å². The van der Waals surface area contributed by atoms with Crippen LogP contribution in [0.3, 0.4) is 0 Å².